The van der Waals surface area contributed by atoms with Gasteiger partial charge in [-0.1, -0.05) is 0 Å². The molecule has 27 heavy (non-hydrogen) atoms. The number of carbonyl (C=O) groups excluding carboxylic acids is 1. The number of fused-ring (bicyclic) bond motifs is 1. The maximum Gasteiger partial charge on any atom is 0.324 e. The van der Waals surface area contributed by atoms with E-state index in [2.05, 4.69) is 32.5 Å². The number of pyridine rings is 1. The van der Waals surface area contributed by atoms with E-state index < -0.39 is 6.03 Å². The molecular weight excluding hydrogens is 345 g/mol. The Morgan fingerprint density at radius 3 is 2.63 bits per heavy atom. The fraction of sp³-hybridized carbons (Fsp3) is 0.300. The Kier molecular flexibility index (Phi) is 4.77. The van der Waals surface area contributed by atoms with Crippen molar-refractivity contribution < 1.29 is 9.18 Å². The summed E-state index contributed by atoms with van der Waals surface area (Å²) in [5, 5.41) is 5.42. The van der Waals surface area contributed by atoms with Gasteiger partial charge < -0.3 is 15.2 Å². The van der Waals surface area contributed by atoms with E-state index in [1.54, 1.807) is 6.07 Å². The highest BCUT2D eigenvalue weighted by Gasteiger charge is 2.22. The number of urea groups is 1. The van der Waals surface area contributed by atoms with E-state index in [9.17, 15) is 9.18 Å². The molecule has 2 aromatic heterocycles. The molecule has 0 atom stereocenters. The van der Waals surface area contributed by atoms with Gasteiger partial charge in [0.15, 0.2) is 0 Å². The van der Waals surface area contributed by atoms with E-state index in [-0.39, 0.29) is 5.82 Å². The molecule has 0 radical (unpaired) electrons. The van der Waals surface area contributed by atoms with Gasteiger partial charge >= 0.3 is 6.03 Å². The molecular formula is C20H22FN5O. The number of amides is 2. The van der Waals surface area contributed by atoms with Crippen LogP contribution < -0.4 is 10.6 Å². The summed E-state index contributed by atoms with van der Waals surface area (Å²) in [6.45, 7) is 2.16. The Morgan fingerprint density at radius 1 is 1.15 bits per heavy atom. The first-order valence-corrected chi connectivity index (χ1v) is 9.08. The van der Waals surface area contributed by atoms with E-state index in [1.807, 2.05) is 12.3 Å². The van der Waals surface area contributed by atoms with Crippen LogP contribution in [-0.2, 0) is 0 Å². The lowest BCUT2D eigenvalue weighted by atomic mass is 9.91. The van der Waals surface area contributed by atoms with E-state index in [0.717, 1.165) is 37.0 Å². The third-order valence-electron chi connectivity index (χ3n) is 5.05. The van der Waals surface area contributed by atoms with Crippen molar-refractivity contribution in [1.82, 2.24) is 14.9 Å². The molecule has 7 heteroatoms. The zero-order valence-corrected chi connectivity index (χ0v) is 15.1. The predicted octanol–water partition coefficient (Wildman–Crippen LogP) is 4.16. The summed E-state index contributed by atoms with van der Waals surface area (Å²) < 4.78 is 13.0. The minimum Gasteiger partial charge on any atom is -0.360 e. The monoisotopic (exact) mass is 367 g/mol. The zero-order chi connectivity index (χ0) is 18.8. The highest BCUT2D eigenvalue weighted by molar-refractivity contribution is 5.99. The fourth-order valence-corrected chi connectivity index (χ4v) is 3.53. The van der Waals surface area contributed by atoms with Crippen LogP contribution in [0.1, 0.15) is 24.3 Å². The molecule has 2 amide bonds. The van der Waals surface area contributed by atoms with Crippen molar-refractivity contribution in [2.24, 2.45) is 0 Å². The molecule has 0 aliphatic carbocycles. The highest BCUT2D eigenvalue weighted by Crippen LogP contribution is 2.32. The van der Waals surface area contributed by atoms with Crippen LogP contribution in [0.3, 0.4) is 0 Å². The molecule has 1 aromatic carbocycles. The second-order valence-corrected chi connectivity index (χ2v) is 7.00. The molecule has 140 valence electrons. The summed E-state index contributed by atoms with van der Waals surface area (Å²) >= 11 is 0. The van der Waals surface area contributed by atoms with Crippen LogP contribution in [0, 0.1) is 5.82 Å². The number of likely N-dealkylation sites (tertiary alicyclic amines) is 1. The molecule has 0 bridgehead atoms. The minimum absolute atomic E-state index is 0.345. The van der Waals surface area contributed by atoms with Crippen molar-refractivity contribution in [2.45, 2.75) is 18.8 Å². The van der Waals surface area contributed by atoms with Crippen LogP contribution in [0.25, 0.3) is 11.0 Å². The zero-order valence-electron chi connectivity index (χ0n) is 15.1. The van der Waals surface area contributed by atoms with Crippen LogP contribution in [-0.4, -0.2) is 41.0 Å². The Labute approximate surface area is 156 Å². The second-order valence-electron chi connectivity index (χ2n) is 7.00. The summed E-state index contributed by atoms with van der Waals surface area (Å²) in [5.41, 5.74) is 3.60. The number of nitrogens with one attached hydrogen (secondary N) is 3. The van der Waals surface area contributed by atoms with Gasteiger partial charge in [0.2, 0.25) is 0 Å². The van der Waals surface area contributed by atoms with Crippen LogP contribution in [0.15, 0.2) is 42.6 Å². The Morgan fingerprint density at radius 2 is 1.89 bits per heavy atom. The molecule has 0 spiro atoms. The molecule has 1 saturated heterocycles. The first-order valence-electron chi connectivity index (χ1n) is 9.08. The summed E-state index contributed by atoms with van der Waals surface area (Å²) in [7, 11) is 2.14. The molecule has 1 aliphatic rings. The SMILES string of the molecule is CN1CCC(c2c[nH]c3ccc(NC(=O)Nc4ccc(F)cc4)nc23)CC1. The van der Waals surface area contributed by atoms with Gasteiger partial charge in [0.25, 0.3) is 0 Å². The number of aromatic nitrogens is 2. The maximum absolute atomic E-state index is 13.0. The molecule has 1 aliphatic heterocycles. The molecule has 4 rings (SSSR count). The Hall–Kier alpha value is -2.93. The average Bonchev–Trinajstić information content (AvgIpc) is 3.07. The molecule has 0 unspecified atom stereocenters. The third kappa shape index (κ3) is 3.93. The Bertz CT molecular complexity index is 945. The molecule has 6 nitrogen and oxygen atoms in total. The summed E-state index contributed by atoms with van der Waals surface area (Å²) in [4.78, 5) is 22.5. The number of hydrogen-bond acceptors (Lipinski definition) is 3. The first-order chi connectivity index (χ1) is 13.1. The van der Waals surface area contributed by atoms with Crippen molar-refractivity contribution in [3.8, 4) is 0 Å². The number of piperidine rings is 1. The smallest absolute Gasteiger partial charge is 0.324 e. The summed E-state index contributed by atoms with van der Waals surface area (Å²) in [5.74, 6) is 0.614. The largest absolute Gasteiger partial charge is 0.360 e. The van der Waals surface area contributed by atoms with E-state index in [0.29, 0.717) is 17.4 Å². The van der Waals surface area contributed by atoms with Gasteiger partial charge in [0.05, 0.1) is 11.0 Å². The third-order valence-corrected chi connectivity index (χ3v) is 5.05. The van der Waals surface area contributed by atoms with Crippen molar-refractivity contribution in [3.63, 3.8) is 0 Å². The summed E-state index contributed by atoms with van der Waals surface area (Å²) in [6, 6.07) is 8.90. The summed E-state index contributed by atoms with van der Waals surface area (Å²) in [6.07, 6.45) is 4.25. The van der Waals surface area contributed by atoms with E-state index in [4.69, 9.17) is 0 Å². The lowest BCUT2D eigenvalue weighted by Gasteiger charge is -2.28. The lowest BCUT2D eigenvalue weighted by Crippen LogP contribution is -2.29. The van der Waals surface area contributed by atoms with Gasteiger partial charge in [-0.15, -0.1) is 0 Å². The van der Waals surface area contributed by atoms with Crippen molar-refractivity contribution in [1.29, 1.82) is 0 Å². The quantitative estimate of drug-likeness (QED) is 0.651. The number of anilines is 2. The number of rotatable bonds is 3. The molecule has 3 N–H and O–H groups in total. The fourth-order valence-electron chi connectivity index (χ4n) is 3.53. The standard InChI is InChI=1S/C20H22FN5O/c1-26-10-8-13(9-11-26)16-12-22-17-6-7-18(24-19(16)17)25-20(27)23-15-4-2-14(21)3-5-15/h2-7,12-13,22H,8-11H2,1H3,(H2,23,24,25,27). The van der Waals surface area contributed by atoms with Gasteiger partial charge in [-0.25, -0.2) is 14.2 Å². The number of carbonyl (C=O) groups is 1. The van der Waals surface area contributed by atoms with Crippen molar-refractivity contribution in [2.75, 3.05) is 30.8 Å². The van der Waals surface area contributed by atoms with Gasteiger partial charge in [0.1, 0.15) is 11.6 Å². The molecule has 1 fully saturated rings. The van der Waals surface area contributed by atoms with Crippen molar-refractivity contribution in [3.05, 3.63) is 54.0 Å². The van der Waals surface area contributed by atoms with Gasteiger partial charge in [0, 0.05) is 11.9 Å². The second kappa shape index (κ2) is 7.36. The van der Waals surface area contributed by atoms with Crippen molar-refractivity contribution >= 4 is 28.6 Å². The lowest BCUT2D eigenvalue weighted by molar-refractivity contribution is 0.256. The van der Waals surface area contributed by atoms with Crippen LogP contribution in [0.5, 0.6) is 0 Å². The molecule has 0 saturated carbocycles. The highest BCUT2D eigenvalue weighted by atomic mass is 19.1. The minimum atomic E-state index is -0.412. The topological polar surface area (TPSA) is 73.1 Å². The number of aromatic amines is 1. The average molecular weight is 367 g/mol. The van der Waals surface area contributed by atoms with Gasteiger partial charge in [-0.3, -0.25) is 5.32 Å². The number of hydrogen-bond donors (Lipinski definition) is 3. The van der Waals surface area contributed by atoms with Gasteiger partial charge in [-0.2, -0.15) is 0 Å². The van der Waals surface area contributed by atoms with Crippen LogP contribution in [0.4, 0.5) is 20.7 Å². The van der Waals surface area contributed by atoms with Crippen LogP contribution >= 0.6 is 0 Å². The van der Waals surface area contributed by atoms with Gasteiger partial charge in [-0.05, 0) is 80.9 Å². The van der Waals surface area contributed by atoms with E-state index >= 15 is 0 Å². The van der Waals surface area contributed by atoms with Crippen LogP contribution in [0.2, 0.25) is 0 Å². The molecule has 3 heterocycles. The molecule has 3 aromatic rings. The van der Waals surface area contributed by atoms with E-state index in [1.165, 1.54) is 29.8 Å². The number of H-pyrrole nitrogens is 1. The Balaban J connectivity index is 1.50. The first kappa shape index (κ1) is 17.5. The maximum atomic E-state index is 13.0. The normalized spacial score (nSPS) is 15.8. The number of halogens is 1. The number of nitrogens with zero attached hydrogens (tertiary/aromatic N) is 2. The predicted molar refractivity (Wildman–Crippen MR) is 105 cm³/mol. The number of benzene rings is 1.